The van der Waals surface area contributed by atoms with Crippen LogP contribution in [-0.4, -0.2) is 40.9 Å². The topological polar surface area (TPSA) is 79.3 Å². The Labute approximate surface area is 206 Å². The first kappa shape index (κ1) is 24.8. The SMILES string of the molecule is COc1cccc(CNC[C@@H](O)[C@H](Cc2cc(F)cc(F)c2)Nc2nc3ccccc3nc2Cl)c1. The minimum Gasteiger partial charge on any atom is -0.497 e. The molecule has 9 heteroatoms. The fourth-order valence-electron chi connectivity index (χ4n) is 3.80. The summed E-state index contributed by atoms with van der Waals surface area (Å²) < 4.78 is 32.9. The molecule has 35 heavy (non-hydrogen) atoms. The second-order valence-electron chi connectivity index (χ2n) is 8.13. The molecule has 0 radical (unpaired) electrons. The lowest BCUT2D eigenvalue weighted by Gasteiger charge is -2.26. The molecule has 0 aliphatic rings. The summed E-state index contributed by atoms with van der Waals surface area (Å²) >= 11 is 6.35. The highest BCUT2D eigenvalue weighted by Crippen LogP contribution is 2.23. The molecule has 2 atom stereocenters. The van der Waals surface area contributed by atoms with Crippen LogP contribution >= 0.6 is 11.6 Å². The predicted molar refractivity (Wildman–Crippen MR) is 133 cm³/mol. The molecule has 0 saturated carbocycles. The lowest BCUT2D eigenvalue weighted by atomic mass is 10.0. The lowest BCUT2D eigenvalue weighted by molar-refractivity contribution is 0.148. The number of aliphatic hydroxyl groups excluding tert-OH is 1. The molecule has 182 valence electrons. The Hall–Kier alpha value is -3.33. The van der Waals surface area contributed by atoms with Crippen LogP contribution in [0.2, 0.25) is 5.15 Å². The molecular weight excluding hydrogens is 474 g/mol. The van der Waals surface area contributed by atoms with Crippen LogP contribution in [-0.2, 0) is 13.0 Å². The van der Waals surface area contributed by atoms with Gasteiger partial charge in [0.1, 0.15) is 17.4 Å². The number of hydrogen-bond acceptors (Lipinski definition) is 6. The highest BCUT2D eigenvalue weighted by Gasteiger charge is 2.22. The number of aliphatic hydroxyl groups is 1. The number of methoxy groups -OCH3 is 1. The molecule has 0 fully saturated rings. The second-order valence-corrected chi connectivity index (χ2v) is 8.49. The van der Waals surface area contributed by atoms with Crippen molar-refractivity contribution < 1.29 is 18.6 Å². The van der Waals surface area contributed by atoms with Gasteiger partial charge in [0.25, 0.3) is 0 Å². The van der Waals surface area contributed by atoms with Crippen molar-refractivity contribution in [3.63, 3.8) is 0 Å². The summed E-state index contributed by atoms with van der Waals surface area (Å²) in [7, 11) is 1.60. The van der Waals surface area contributed by atoms with E-state index in [0.29, 0.717) is 23.1 Å². The quantitative estimate of drug-likeness (QED) is 0.293. The zero-order chi connectivity index (χ0) is 24.8. The molecular formula is C26H25ClF2N4O2. The van der Waals surface area contributed by atoms with E-state index in [-0.39, 0.29) is 23.9 Å². The smallest absolute Gasteiger partial charge is 0.172 e. The summed E-state index contributed by atoms with van der Waals surface area (Å²) in [6, 6.07) is 17.5. The molecule has 0 aliphatic carbocycles. The molecule has 3 aromatic carbocycles. The molecule has 4 rings (SSSR count). The van der Waals surface area contributed by atoms with Crippen molar-refractivity contribution >= 4 is 28.5 Å². The van der Waals surface area contributed by atoms with Crippen LogP contribution in [0.3, 0.4) is 0 Å². The van der Waals surface area contributed by atoms with Gasteiger partial charge in [-0.25, -0.2) is 18.7 Å². The molecule has 1 aromatic heterocycles. The van der Waals surface area contributed by atoms with Crippen LogP contribution in [0, 0.1) is 11.6 Å². The number of benzene rings is 3. The van der Waals surface area contributed by atoms with E-state index in [1.54, 1.807) is 19.2 Å². The van der Waals surface area contributed by atoms with E-state index in [9.17, 15) is 13.9 Å². The Morgan fingerprint density at radius 1 is 0.943 bits per heavy atom. The molecule has 0 bridgehead atoms. The number of nitrogens with one attached hydrogen (secondary N) is 2. The van der Waals surface area contributed by atoms with Crippen LogP contribution in [0.5, 0.6) is 5.75 Å². The first-order valence-electron chi connectivity index (χ1n) is 11.1. The summed E-state index contributed by atoms with van der Waals surface area (Å²) in [6.45, 7) is 0.692. The van der Waals surface area contributed by atoms with Gasteiger partial charge < -0.3 is 20.5 Å². The van der Waals surface area contributed by atoms with Gasteiger partial charge in [-0.3, -0.25) is 0 Å². The van der Waals surface area contributed by atoms with Crippen molar-refractivity contribution in [2.75, 3.05) is 19.0 Å². The van der Waals surface area contributed by atoms with Gasteiger partial charge >= 0.3 is 0 Å². The number of para-hydroxylation sites is 2. The third kappa shape index (κ3) is 6.63. The van der Waals surface area contributed by atoms with Gasteiger partial charge in [-0.15, -0.1) is 0 Å². The first-order valence-corrected chi connectivity index (χ1v) is 11.4. The van der Waals surface area contributed by atoms with Crippen molar-refractivity contribution in [1.29, 1.82) is 0 Å². The van der Waals surface area contributed by atoms with E-state index in [1.165, 1.54) is 12.1 Å². The second kappa shape index (κ2) is 11.4. The predicted octanol–water partition coefficient (Wildman–Crippen LogP) is 4.74. The van der Waals surface area contributed by atoms with Crippen LogP contribution < -0.4 is 15.4 Å². The van der Waals surface area contributed by atoms with E-state index in [0.717, 1.165) is 17.4 Å². The molecule has 0 aliphatic heterocycles. The summed E-state index contributed by atoms with van der Waals surface area (Å²) in [5, 5.41) is 17.5. The summed E-state index contributed by atoms with van der Waals surface area (Å²) in [5.41, 5.74) is 2.63. The highest BCUT2D eigenvalue weighted by atomic mass is 35.5. The standard InChI is InChI=1S/C26H25ClF2N4O2/c1-35-20-6-4-5-16(11-20)14-30-15-24(34)23(12-17-9-18(28)13-19(29)10-17)33-26-25(27)31-21-7-2-3-8-22(21)32-26/h2-11,13,23-24,30,34H,12,14-15H2,1H3,(H,32,33)/t23-,24+/m0/s1. The number of hydrogen-bond donors (Lipinski definition) is 3. The normalized spacial score (nSPS) is 12.9. The summed E-state index contributed by atoms with van der Waals surface area (Å²) in [4.78, 5) is 8.87. The monoisotopic (exact) mass is 498 g/mol. The summed E-state index contributed by atoms with van der Waals surface area (Å²) in [6.07, 6.45) is -0.821. The van der Waals surface area contributed by atoms with Gasteiger partial charge in [-0.2, -0.15) is 0 Å². The van der Waals surface area contributed by atoms with Gasteiger partial charge in [0.05, 0.1) is 30.3 Å². The third-order valence-electron chi connectivity index (χ3n) is 5.51. The molecule has 6 nitrogen and oxygen atoms in total. The molecule has 4 aromatic rings. The maximum absolute atomic E-state index is 13.8. The molecule has 1 heterocycles. The number of anilines is 1. The van der Waals surface area contributed by atoms with Crippen molar-refractivity contribution in [3.8, 4) is 5.75 Å². The van der Waals surface area contributed by atoms with E-state index < -0.39 is 23.8 Å². The largest absolute Gasteiger partial charge is 0.497 e. The third-order valence-corrected chi connectivity index (χ3v) is 5.77. The Morgan fingerprint density at radius 3 is 2.37 bits per heavy atom. The Balaban J connectivity index is 1.52. The fourth-order valence-corrected chi connectivity index (χ4v) is 3.99. The van der Waals surface area contributed by atoms with Crippen LogP contribution in [0.15, 0.2) is 66.7 Å². The van der Waals surface area contributed by atoms with Gasteiger partial charge in [-0.05, 0) is 53.9 Å². The number of nitrogens with zero attached hydrogens (tertiary/aromatic N) is 2. The van der Waals surface area contributed by atoms with Gasteiger partial charge in [0, 0.05) is 19.2 Å². The number of fused-ring (bicyclic) bond motifs is 1. The first-order chi connectivity index (χ1) is 16.9. The minimum absolute atomic E-state index is 0.127. The van der Waals surface area contributed by atoms with Crippen molar-refractivity contribution in [2.24, 2.45) is 0 Å². The van der Waals surface area contributed by atoms with E-state index in [2.05, 4.69) is 20.6 Å². The van der Waals surface area contributed by atoms with Gasteiger partial charge in [0.2, 0.25) is 0 Å². The van der Waals surface area contributed by atoms with Crippen LogP contribution in [0.1, 0.15) is 11.1 Å². The summed E-state index contributed by atoms with van der Waals surface area (Å²) in [5.74, 6) is -0.359. The number of halogens is 3. The average Bonchev–Trinajstić information content (AvgIpc) is 2.83. The lowest BCUT2D eigenvalue weighted by Crippen LogP contribution is -2.42. The van der Waals surface area contributed by atoms with Crippen molar-refractivity contribution in [1.82, 2.24) is 15.3 Å². The molecule has 0 spiro atoms. The Morgan fingerprint density at radius 2 is 1.66 bits per heavy atom. The fraction of sp³-hybridized carbons (Fsp3) is 0.231. The van der Waals surface area contributed by atoms with E-state index in [4.69, 9.17) is 16.3 Å². The Kier molecular flexibility index (Phi) is 8.07. The highest BCUT2D eigenvalue weighted by molar-refractivity contribution is 6.32. The number of aromatic nitrogens is 2. The Bertz CT molecular complexity index is 1290. The maximum atomic E-state index is 13.8. The molecule has 3 N–H and O–H groups in total. The minimum atomic E-state index is -0.948. The molecule has 0 unspecified atom stereocenters. The van der Waals surface area contributed by atoms with Crippen LogP contribution in [0.4, 0.5) is 14.6 Å². The van der Waals surface area contributed by atoms with Gasteiger partial charge in [-0.1, -0.05) is 35.9 Å². The van der Waals surface area contributed by atoms with E-state index >= 15 is 0 Å². The average molecular weight is 499 g/mol. The van der Waals surface area contributed by atoms with Crippen molar-refractivity contribution in [3.05, 3.63) is 94.6 Å². The zero-order valence-corrected chi connectivity index (χ0v) is 19.8. The molecule has 0 amide bonds. The maximum Gasteiger partial charge on any atom is 0.172 e. The molecule has 0 saturated heterocycles. The number of rotatable bonds is 10. The zero-order valence-electron chi connectivity index (χ0n) is 19.0. The van der Waals surface area contributed by atoms with Gasteiger partial charge in [0.15, 0.2) is 11.0 Å². The van der Waals surface area contributed by atoms with Crippen LogP contribution in [0.25, 0.3) is 11.0 Å². The number of ether oxygens (including phenoxy) is 1. The van der Waals surface area contributed by atoms with Crippen molar-refractivity contribution in [2.45, 2.75) is 25.1 Å². The van der Waals surface area contributed by atoms with E-state index in [1.807, 2.05) is 36.4 Å².